The van der Waals surface area contributed by atoms with Gasteiger partial charge in [0.25, 0.3) is 0 Å². The fraction of sp³-hybridized carbons (Fsp3) is 0. The minimum Gasteiger partial charge on any atom is -0.307 e. The van der Waals surface area contributed by atoms with Gasteiger partial charge in [0, 0.05) is 49.4 Å². The number of hydrogen-bond donors (Lipinski definition) is 0. The highest BCUT2D eigenvalue weighted by Crippen LogP contribution is 2.45. The fourth-order valence-electron chi connectivity index (χ4n) is 8.46. The number of hydrogen-bond acceptors (Lipinski definition) is 0. The molecule has 0 fully saturated rings. The highest BCUT2D eigenvalue weighted by molar-refractivity contribution is 6.29. The first-order valence-electron chi connectivity index (χ1n) is 17.5. The van der Waals surface area contributed by atoms with Crippen molar-refractivity contribution >= 4 is 65.4 Å². The van der Waals surface area contributed by atoms with Crippen LogP contribution in [0.3, 0.4) is 0 Å². The minimum atomic E-state index is 1.13. The standard InChI is InChI=1S/C48H31N3/c1-4-14-32(15-5-1)33-24-26-36(27-25-33)51-47-41(30-28-39-37-20-10-12-22-43(37)49(45(39)47)34-16-6-2-7-17-34)42-31-29-40-38-21-11-13-23-44(38)50(46(40)48(42)51)35-18-8-3-9-19-35/h1-31H. The molecule has 3 heteroatoms. The summed E-state index contributed by atoms with van der Waals surface area (Å²) < 4.78 is 7.47. The summed E-state index contributed by atoms with van der Waals surface area (Å²) >= 11 is 0. The lowest BCUT2D eigenvalue weighted by molar-refractivity contribution is 1.14. The molecule has 0 saturated heterocycles. The predicted molar refractivity (Wildman–Crippen MR) is 215 cm³/mol. The summed E-state index contributed by atoms with van der Waals surface area (Å²) in [5, 5.41) is 7.45. The van der Waals surface area contributed by atoms with Crippen LogP contribution in [0.5, 0.6) is 0 Å². The van der Waals surface area contributed by atoms with Crippen LogP contribution in [0.4, 0.5) is 0 Å². The Morgan fingerprint density at radius 2 is 0.549 bits per heavy atom. The maximum atomic E-state index is 2.54. The third-order valence-corrected chi connectivity index (χ3v) is 10.6. The molecule has 0 aliphatic rings. The summed E-state index contributed by atoms with van der Waals surface area (Å²) in [6, 6.07) is 68.4. The van der Waals surface area contributed by atoms with Crippen molar-refractivity contribution < 1.29 is 0 Å². The SMILES string of the molecule is c1ccc(-c2ccc(-n3c4c(ccc5c6ccccc6n(-c6ccccc6)c54)c4ccc5c6ccccc6n(-c6ccccc6)c5c43)cc2)cc1. The molecule has 8 aromatic carbocycles. The van der Waals surface area contributed by atoms with Crippen LogP contribution in [0.15, 0.2) is 188 Å². The van der Waals surface area contributed by atoms with E-state index in [1.54, 1.807) is 0 Å². The highest BCUT2D eigenvalue weighted by Gasteiger charge is 2.25. The molecule has 3 aromatic heterocycles. The zero-order chi connectivity index (χ0) is 33.5. The second kappa shape index (κ2) is 10.8. The van der Waals surface area contributed by atoms with E-state index in [1.165, 1.54) is 76.5 Å². The van der Waals surface area contributed by atoms with Gasteiger partial charge in [-0.1, -0.05) is 140 Å². The molecule has 0 aliphatic heterocycles. The van der Waals surface area contributed by atoms with E-state index >= 15 is 0 Å². The van der Waals surface area contributed by atoms with Gasteiger partial charge >= 0.3 is 0 Å². The van der Waals surface area contributed by atoms with Crippen LogP contribution < -0.4 is 0 Å². The van der Waals surface area contributed by atoms with Gasteiger partial charge in [-0.3, -0.25) is 0 Å². The van der Waals surface area contributed by atoms with Crippen LogP contribution in [-0.2, 0) is 0 Å². The van der Waals surface area contributed by atoms with Gasteiger partial charge in [-0.25, -0.2) is 0 Å². The molecule has 0 spiro atoms. The molecular formula is C48H31N3. The molecule has 0 aliphatic carbocycles. The van der Waals surface area contributed by atoms with Crippen molar-refractivity contribution in [2.24, 2.45) is 0 Å². The second-order valence-electron chi connectivity index (χ2n) is 13.3. The molecule has 0 amide bonds. The molecule has 11 rings (SSSR count). The van der Waals surface area contributed by atoms with Gasteiger partial charge in [0.2, 0.25) is 0 Å². The molecule has 3 nitrogen and oxygen atoms in total. The van der Waals surface area contributed by atoms with Crippen LogP contribution in [0.1, 0.15) is 0 Å². The van der Waals surface area contributed by atoms with Crippen molar-refractivity contribution in [1.29, 1.82) is 0 Å². The average molecular weight is 650 g/mol. The molecule has 0 atom stereocenters. The number of nitrogens with zero attached hydrogens (tertiary/aromatic N) is 3. The molecule has 51 heavy (non-hydrogen) atoms. The first-order valence-corrected chi connectivity index (χ1v) is 17.5. The number of benzene rings is 8. The lowest BCUT2D eigenvalue weighted by Crippen LogP contribution is -2.00. The molecule has 3 heterocycles. The van der Waals surface area contributed by atoms with Crippen LogP contribution in [0, 0.1) is 0 Å². The summed E-state index contributed by atoms with van der Waals surface area (Å²) in [4.78, 5) is 0. The van der Waals surface area contributed by atoms with Gasteiger partial charge in [0.05, 0.1) is 33.1 Å². The maximum absolute atomic E-state index is 2.54. The Hall–Kier alpha value is -6.84. The lowest BCUT2D eigenvalue weighted by atomic mass is 10.1. The molecule has 0 saturated carbocycles. The van der Waals surface area contributed by atoms with Crippen molar-refractivity contribution in [3.8, 4) is 28.2 Å². The Morgan fingerprint density at radius 3 is 1.02 bits per heavy atom. The van der Waals surface area contributed by atoms with E-state index in [-0.39, 0.29) is 0 Å². The molecule has 0 N–H and O–H groups in total. The van der Waals surface area contributed by atoms with Gasteiger partial charge in [-0.15, -0.1) is 0 Å². The number of fused-ring (bicyclic) bond motifs is 11. The number of para-hydroxylation sites is 4. The quantitative estimate of drug-likeness (QED) is 0.180. The topological polar surface area (TPSA) is 14.8 Å². The first-order chi connectivity index (χ1) is 25.3. The van der Waals surface area contributed by atoms with E-state index in [1.807, 2.05) is 0 Å². The van der Waals surface area contributed by atoms with Crippen LogP contribution >= 0.6 is 0 Å². The molecular weight excluding hydrogens is 619 g/mol. The average Bonchev–Trinajstić information content (AvgIpc) is 3.85. The van der Waals surface area contributed by atoms with Gasteiger partial charge in [0.1, 0.15) is 0 Å². The van der Waals surface area contributed by atoms with E-state index in [2.05, 4.69) is 202 Å². The zero-order valence-corrected chi connectivity index (χ0v) is 27.7. The summed E-state index contributed by atoms with van der Waals surface area (Å²) in [7, 11) is 0. The van der Waals surface area contributed by atoms with E-state index in [4.69, 9.17) is 0 Å². The van der Waals surface area contributed by atoms with Crippen molar-refractivity contribution in [3.05, 3.63) is 188 Å². The smallest absolute Gasteiger partial charge is 0.0789 e. The lowest BCUT2D eigenvalue weighted by Gasteiger charge is -2.15. The Labute approximate surface area is 294 Å². The Balaban J connectivity index is 1.38. The van der Waals surface area contributed by atoms with Gasteiger partial charge in [-0.05, 0) is 59.7 Å². The van der Waals surface area contributed by atoms with E-state index in [9.17, 15) is 0 Å². The molecule has 11 aromatic rings. The molecule has 0 bridgehead atoms. The normalized spacial score (nSPS) is 11.9. The van der Waals surface area contributed by atoms with E-state index in [0.717, 1.165) is 17.1 Å². The zero-order valence-electron chi connectivity index (χ0n) is 27.7. The Kier molecular flexibility index (Phi) is 5.96. The summed E-state index contributed by atoms with van der Waals surface area (Å²) in [6.45, 7) is 0. The first kappa shape index (κ1) is 28.0. The molecule has 0 unspecified atom stereocenters. The summed E-state index contributed by atoms with van der Waals surface area (Å²) in [6.07, 6.45) is 0. The van der Waals surface area contributed by atoms with Crippen LogP contribution in [0.2, 0.25) is 0 Å². The maximum Gasteiger partial charge on any atom is 0.0789 e. The van der Waals surface area contributed by atoms with Crippen molar-refractivity contribution in [3.63, 3.8) is 0 Å². The third-order valence-electron chi connectivity index (χ3n) is 10.6. The monoisotopic (exact) mass is 649 g/mol. The number of rotatable bonds is 4. The molecule has 238 valence electrons. The van der Waals surface area contributed by atoms with Gasteiger partial charge in [-0.2, -0.15) is 0 Å². The van der Waals surface area contributed by atoms with Crippen molar-refractivity contribution in [2.75, 3.05) is 0 Å². The Morgan fingerprint density at radius 1 is 0.216 bits per heavy atom. The summed E-state index contributed by atoms with van der Waals surface area (Å²) in [5.41, 5.74) is 13.1. The fourth-order valence-corrected chi connectivity index (χ4v) is 8.46. The van der Waals surface area contributed by atoms with E-state index in [0.29, 0.717) is 0 Å². The predicted octanol–water partition coefficient (Wildman–Crippen LogP) is 12.6. The summed E-state index contributed by atoms with van der Waals surface area (Å²) in [5.74, 6) is 0. The largest absolute Gasteiger partial charge is 0.307 e. The van der Waals surface area contributed by atoms with Crippen molar-refractivity contribution in [2.45, 2.75) is 0 Å². The van der Waals surface area contributed by atoms with Crippen LogP contribution in [0.25, 0.3) is 93.6 Å². The highest BCUT2D eigenvalue weighted by atomic mass is 15.1. The minimum absolute atomic E-state index is 1.13. The van der Waals surface area contributed by atoms with E-state index < -0.39 is 0 Å². The van der Waals surface area contributed by atoms with Gasteiger partial charge < -0.3 is 13.7 Å². The van der Waals surface area contributed by atoms with Crippen LogP contribution in [-0.4, -0.2) is 13.7 Å². The third kappa shape index (κ3) is 4.00. The number of aromatic nitrogens is 3. The Bertz CT molecular complexity index is 2920. The molecule has 0 radical (unpaired) electrons. The second-order valence-corrected chi connectivity index (χ2v) is 13.3. The van der Waals surface area contributed by atoms with Crippen molar-refractivity contribution in [1.82, 2.24) is 13.7 Å². The van der Waals surface area contributed by atoms with Gasteiger partial charge in [0.15, 0.2) is 0 Å².